The Labute approximate surface area is 170 Å². The molecular formula is C19H31N5O5. The van der Waals surface area contributed by atoms with E-state index in [9.17, 15) is 19.8 Å². The summed E-state index contributed by atoms with van der Waals surface area (Å²) < 4.78 is 0. The van der Waals surface area contributed by atoms with Crippen LogP contribution in [0.5, 0.6) is 0 Å². The number of hydrogen-bond acceptors (Lipinski definition) is 7. The highest BCUT2D eigenvalue weighted by molar-refractivity contribution is 6.00. The molecule has 3 rings (SSSR count). The third-order valence-corrected chi connectivity index (χ3v) is 6.13. The lowest BCUT2D eigenvalue weighted by Crippen LogP contribution is -2.63. The number of β-lactam (4-membered cyclic amide) rings is 1. The molecule has 162 valence electrons. The van der Waals surface area contributed by atoms with Gasteiger partial charge in [-0.15, -0.1) is 0 Å². The number of hydrogen-bond donors (Lipinski definition) is 4. The molecule has 3 aliphatic rings. The number of carbonyl (C=O) groups excluding carboxylic acids is 1. The smallest absolute Gasteiger partial charge is 0.352 e. The SMILES string of the molecule is CCNON(C(C)=N)C1CCN(CC2=C(C(=O)O)N3C(=O)C([C@@H](C)O)C3[C@H]2C)C1. The molecule has 1 amide bonds. The van der Waals surface area contributed by atoms with Gasteiger partial charge in [0.1, 0.15) is 11.5 Å². The first-order valence-corrected chi connectivity index (χ1v) is 10.1. The Morgan fingerprint density at radius 3 is 2.72 bits per heavy atom. The van der Waals surface area contributed by atoms with E-state index in [0.717, 1.165) is 18.5 Å². The summed E-state index contributed by atoms with van der Waals surface area (Å²) in [5.41, 5.74) is 3.57. The fourth-order valence-electron chi connectivity index (χ4n) is 4.79. The van der Waals surface area contributed by atoms with Gasteiger partial charge in [-0.2, -0.15) is 10.4 Å². The second-order valence-corrected chi connectivity index (χ2v) is 8.11. The van der Waals surface area contributed by atoms with Crippen molar-refractivity contribution in [2.75, 3.05) is 26.2 Å². The third-order valence-electron chi connectivity index (χ3n) is 6.13. The first-order valence-electron chi connectivity index (χ1n) is 10.1. The molecule has 29 heavy (non-hydrogen) atoms. The standard InChI is InChI=1S/C19H31N5O5/c1-5-21-29-24(12(4)20)13-6-7-22(8-13)9-14-10(2)16-15(11(3)25)18(26)23(16)17(14)19(27)28/h10-11,13,15-16,20-21,25H,5-9H2,1-4H3,(H,27,28)/t10-,11+,13?,15?,16?/m0/s1. The van der Waals surface area contributed by atoms with Crippen molar-refractivity contribution in [1.29, 1.82) is 5.41 Å². The Kier molecular flexibility index (Phi) is 6.27. The van der Waals surface area contributed by atoms with Crippen LogP contribution in [0.3, 0.4) is 0 Å². The average molecular weight is 409 g/mol. The van der Waals surface area contributed by atoms with E-state index in [1.54, 1.807) is 18.9 Å². The van der Waals surface area contributed by atoms with Crippen molar-refractivity contribution in [3.8, 4) is 0 Å². The van der Waals surface area contributed by atoms with Gasteiger partial charge in [0.05, 0.1) is 24.1 Å². The molecule has 0 saturated carbocycles. The maximum Gasteiger partial charge on any atom is 0.352 e. The summed E-state index contributed by atoms with van der Waals surface area (Å²) in [6.07, 6.45) is -0.0160. The number of amides is 1. The lowest BCUT2D eigenvalue weighted by molar-refractivity contribution is -0.179. The lowest BCUT2D eigenvalue weighted by Gasteiger charge is -2.46. The van der Waals surface area contributed by atoms with Crippen LogP contribution in [0.1, 0.15) is 34.1 Å². The number of nitrogens with one attached hydrogen (secondary N) is 2. The Hall–Kier alpha value is -2.01. The molecule has 4 N–H and O–H groups in total. The summed E-state index contributed by atoms with van der Waals surface area (Å²) in [6, 6.07) is -0.305. The van der Waals surface area contributed by atoms with Crippen molar-refractivity contribution in [3.05, 3.63) is 11.3 Å². The highest BCUT2D eigenvalue weighted by atomic mass is 16.8. The van der Waals surface area contributed by atoms with Gasteiger partial charge in [0.15, 0.2) is 0 Å². The van der Waals surface area contributed by atoms with Crippen LogP contribution >= 0.6 is 0 Å². The number of aliphatic hydroxyl groups is 1. The molecule has 2 fully saturated rings. The van der Waals surface area contributed by atoms with E-state index in [1.807, 2.05) is 13.8 Å². The molecule has 3 aliphatic heterocycles. The van der Waals surface area contributed by atoms with E-state index < -0.39 is 18.0 Å². The van der Waals surface area contributed by atoms with Crippen LogP contribution in [-0.2, 0) is 14.5 Å². The number of fused-ring (bicyclic) bond motifs is 1. The average Bonchev–Trinajstić information content (AvgIpc) is 3.17. The van der Waals surface area contributed by atoms with E-state index >= 15 is 0 Å². The van der Waals surface area contributed by atoms with E-state index in [1.165, 1.54) is 4.90 Å². The summed E-state index contributed by atoms with van der Waals surface area (Å²) in [4.78, 5) is 33.3. The Morgan fingerprint density at radius 2 is 2.17 bits per heavy atom. The maximum absolute atomic E-state index is 12.4. The molecule has 0 spiro atoms. The lowest BCUT2D eigenvalue weighted by atomic mass is 9.77. The van der Waals surface area contributed by atoms with Gasteiger partial charge in [0.25, 0.3) is 0 Å². The molecule has 0 radical (unpaired) electrons. The number of likely N-dealkylation sites (tertiary alicyclic amines) is 1. The normalized spacial score (nSPS) is 30.4. The van der Waals surface area contributed by atoms with Gasteiger partial charge >= 0.3 is 5.97 Å². The molecule has 0 aliphatic carbocycles. The largest absolute Gasteiger partial charge is 0.477 e. The molecule has 10 nitrogen and oxygen atoms in total. The van der Waals surface area contributed by atoms with Crippen LogP contribution < -0.4 is 5.48 Å². The molecule has 5 atom stereocenters. The first-order chi connectivity index (χ1) is 13.7. The Balaban J connectivity index is 1.74. The molecule has 3 unspecified atom stereocenters. The summed E-state index contributed by atoms with van der Waals surface area (Å²) in [7, 11) is 0. The third kappa shape index (κ3) is 3.77. The van der Waals surface area contributed by atoms with Crippen molar-refractivity contribution < 1.29 is 24.7 Å². The molecular weight excluding hydrogens is 378 g/mol. The summed E-state index contributed by atoms with van der Waals surface area (Å²) in [6.45, 7) is 9.51. The van der Waals surface area contributed by atoms with Crippen LogP contribution in [0.2, 0.25) is 0 Å². The van der Waals surface area contributed by atoms with Crippen LogP contribution in [0.25, 0.3) is 0 Å². The van der Waals surface area contributed by atoms with E-state index in [-0.39, 0.29) is 29.6 Å². The summed E-state index contributed by atoms with van der Waals surface area (Å²) >= 11 is 0. The minimum absolute atomic E-state index is 0.0130. The van der Waals surface area contributed by atoms with Gasteiger partial charge in [-0.05, 0) is 25.8 Å². The fourth-order valence-corrected chi connectivity index (χ4v) is 4.79. The van der Waals surface area contributed by atoms with Crippen molar-refractivity contribution in [1.82, 2.24) is 20.3 Å². The predicted octanol–water partition coefficient (Wildman–Crippen LogP) is 0.0122. The van der Waals surface area contributed by atoms with Gasteiger partial charge < -0.3 is 15.1 Å². The van der Waals surface area contributed by atoms with Gasteiger partial charge in [-0.3, -0.25) is 15.1 Å². The Bertz CT molecular complexity index is 724. The summed E-state index contributed by atoms with van der Waals surface area (Å²) in [5, 5.41) is 29.2. The second kappa shape index (κ2) is 8.39. The minimum Gasteiger partial charge on any atom is -0.477 e. The molecule has 0 aromatic rings. The van der Waals surface area contributed by atoms with Crippen molar-refractivity contribution in [2.24, 2.45) is 11.8 Å². The zero-order valence-corrected chi connectivity index (χ0v) is 17.4. The van der Waals surface area contributed by atoms with Crippen molar-refractivity contribution in [2.45, 2.75) is 52.3 Å². The quantitative estimate of drug-likeness (QED) is 0.191. The van der Waals surface area contributed by atoms with Gasteiger partial charge in [0.2, 0.25) is 5.91 Å². The second-order valence-electron chi connectivity index (χ2n) is 8.11. The molecule has 3 heterocycles. The van der Waals surface area contributed by atoms with Crippen LogP contribution in [0.15, 0.2) is 11.3 Å². The summed E-state index contributed by atoms with van der Waals surface area (Å²) in [5.74, 6) is -1.79. The number of aliphatic hydroxyl groups excluding tert-OH is 1. The molecule has 2 saturated heterocycles. The molecule has 0 bridgehead atoms. The first kappa shape index (κ1) is 21.7. The van der Waals surface area contributed by atoms with Crippen LogP contribution in [0, 0.1) is 17.2 Å². The number of carboxylic acids is 1. The zero-order chi connectivity index (χ0) is 21.5. The number of carbonyl (C=O) groups is 2. The van der Waals surface area contributed by atoms with Gasteiger partial charge in [0, 0.05) is 32.1 Å². The fraction of sp³-hybridized carbons (Fsp3) is 0.737. The number of carboxylic acid groups (broad SMARTS) is 1. The number of amidine groups is 1. The van der Waals surface area contributed by atoms with Gasteiger partial charge in [-0.25, -0.2) is 9.86 Å². The predicted molar refractivity (Wildman–Crippen MR) is 104 cm³/mol. The van der Waals surface area contributed by atoms with Gasteiger partial charge in [-0.1, -0.05) is 13.8 Å². The monoisotopic (exact) mass is 409 g/mol. The van der Waals surface area contributed by atoms with E-state index in [4.69, 9.17) is 10.3 Å². The van der Waals surface area contributed by atoms with Crippen LogP contribution in [0.4, 0.5) is 0 Å². The molecule has 10 heteroatoms. The van der Waals surface area contributed by atoms with E-state index in [0.29, 0.717) is 25.5 Å². The van der Waals surface area contributed by atoms with E-state index in [2.05, 4.69) is 10.4 Å². The number of aliphatic carboxylic acids is 1. The number of rotatable bonds is 8. The van der Waals surface area contributed by atoms with Crippen molar-refractivity contribution in [3.63, 3.8) is 0 Å². The topological polar surface area (TPSA) is 129 Å². The molecule has 0 aromatic heterocycles. The Morgan fingerprint density at radius 1 is 1.48 bits per heavy atom. The highest BCUT2D eigenvalue weighted by Crippen LogP contribution is 2.47. The van der Waals surface area contributed by atoms with Crippen molar-refractivity contribution >= 4 is 17.7 Å². The maximum atomic E-state index is 12.4. The molecule has 0 aromatic carbocycles. The minimum atomic E-state index is -1.10. The number of hydroxylamine groups is 3. The zero-order valence-electron chi connectivity index (χ0n) is 17.4. The van der Waals surface area contributed by atoms with Crippen LogP contribution in [-0.4, -0.2) is 87.2 Å². The highest BCUT2D eigenvalue weighted by Gasteiger charge is 2.59. The number of nitrogens with zero attached hydrogens (tertiary/aromatic N) is 3.